The van der Waals surface area contributed by atoms with E-state index in [4.69, 9.17) is 0 Å². The van der Waals surface area contributed by atoms with Gasteiger partial charge in [-0.15, -0.1) is 4.99 Å². The van der Waals surface area contributed by atoms with Gasteiger partial charge in [0.1, 0.15) is 0 Å². The maximum Gasteiger partial charge on any atom is 0.287 e. The van der Waals surface area contributed by atoms with Crippen LogP contribution in [0.2, 0.25) is 0 Å². The van der Waals surface area contributed by atoms with E-state index in [0.717, 1.165) is 17.3 Å². The Balaban J connectivity index is 2.82. The average molecular weight is 254 g/mol. The van der Waals surface area contributed by atoms with Crippen LogP contribution < -0.4 is 0 Å². The monoisotopic (exact) mass is 253 g/mol. The van der Waals surface area contributed by atoms with Crippen molar-refractivity contribution in [3.8, 4) is 0 Å². The topological polar surface area (TPSA) is 46.5 Å². The number of nitrogens with zero attached hydrogens (tertiary/aromatic N) is 1. The lowest BCUT2D eigenvalue weighted by Gasteiger charge is -1.98. The smallest absolute Gasteiger partial charge is 0.266 e. The summed E-state index contributed by atoms with van der Waals surface area (Å²) in [6.07, 6.45) is 2.13. The SMILES string of the molecule is O=C=NC(=O)c1ccc(CCBr)cc1. The number of hydrogen-bond donors (Lipinski definition) is 0. The van der Waals surface area contributed by atoms with Crippen LogP contribution in [0, 0.1) is 0 Å². The Hall–Kier alpha value is -1.25. The quantitative estimate of drug-likeness (QED) is 0.471. The summed E-state index contributed by atoms with van der Waals surface area (Å²) in [5, 5.41) is 0.882. The van der Waals surface area contributed by atoms with Gasteiger partial charge in [-0.3, -0.25) is 4.79 Å². The minimum Gasteiger partial charge on any atom is -0.266 e. The van der Waals surface area contributed by atoms with Crippen molar-refractivity contribution in [1.82, 2.24) is 0 Å². The number of alkyl halides is 1. The Morgan fingerprint density at radius 2 is 2.00 bits per heavy atom. The number of benzene rings is 1. The highest BCUT2D eigenvalue weighted by Gasteiger charge is 2.02. The van der Waals surface area contributed by atoms with E-state index in [-0.39, 0.29) is 0 Å². The Kier molecular flexibility index (Phi) is 4.23. The molecule has 3 nitrogen and oxygen atoms in total. The third-order valence-electron chi connectivity index (χ3n) is 1.73. The summed E-state index contributed by atoms with van der Waals surface area (Å²) >= 11 is 3.32. The van der Waals surface area contributed by atoms with Gasteiger partial charge in [-0.2, -0.15) is 0 Å². The third-order valence-corrected chi connectivity index (χ3v) is 2.13. The van der Waals surface area contributed by atoms with E-state index >= 15 is 0 Å². The van der Waals surface area contributed by atoms with Gasteiger partial charge in [0.15, 0.2) is 0 Å². The molecule has 0 fully saturated rings. The van der Waals surface area contributed by atoms with E-state index < -0.39 is 5.91 Å². The van der Waals surface area contributed by atoms with Crippen molar-refractivity contribution in [2.75, 3.05) is 5.33 Å². The predicted octanol–water partition coefficient (Wildman–Crippen LogP) is 2.10. The van der Waals surface area contributed by atoms with Gasteiger partial charge in [0, 0.05) is 10.9 Å². The van der Waals surface area contributed by atoms with Crippen molar-refractivity contribution >= 4 is 27.9 Å². The molecule has 0 saturated carbocycles. The van der Waals surface area contributed by atoms with Crippen LogP contribution in [0.1, 0.15) is 15.9 Å². The average Bonchev–Trinajstić information content (AvgIpc) is 2.20. The number of amides is 1. The van der Waals surface area contributed by atoms with Crippen LogP contribution in [-0.2, 0) is 11.2 Å². The van der Waals surface area contributed by atoms with Gasteiger partial charge in [0.25, 0.3) is 5.91 Å². The normalized spacial score (nSPS) is 9.21. The molecule has 1 aromatic carbocycles. The van der Waals surface area contributed by atoms with Crippen LogP contribution in [0.4, 0.5) is 0 Å². The van der Waals surface area contributed by atoms with Crippen LogP contribution in [0.15, 0.2) is 29.3 Å². The summed E-state index contributed by atoms with van der Waals surface area (Å²) in [5.74, 6) is -0.551. The van der Waals surface area contributed by atoms with Crippen LogP contribution >= 0.6 is 15.9 Å². The second-order valence-corrected chi connectivity index (χ2v) is 3.44. The first-order valence-corrected chi connectivity index (χ1v) is 5.17. The number of aryl methyl sites for hydroxylation is 1. The molecule has 0 radical (unpaired) electrons. The number of carbonyl (C=O) groups excluding carboxylic acids is 2. The first-order chi connectivity index (χ1) is 6.77. The fraction of sp³-hybridized carbons (Fsp3) is 0.200. The number of isocyanates is 1. The zero-order chi connectivity index (χ0) is 10.4. The van der Waals surface area contributed by atoms with E-state index in [2.05, 4.69) is 20.9 Å². The largest absolute Gasteiger partial charge is 0.287 e. The van der Waals surface area contributed by atoms with Gasteiger partial charge in [-0.1, -0.05) is 28.1 Å². The molecule has 0 atom stereocenters. The summed E-state index contributed by atoms with van der Waals surface area (Å²) < 4.78 is 0. The van der Waals surface area contributed by atoms with Gasteiger partial charge in [0.05, 0.1) is 0 Å². The number of rotatable bonds is 3. The number of hydrogen-bond acceptors (Lipinski definition) is 2. The van der Waals surface area contributed by atoms with E-state index in [0.29, 0.717) is 5.56 Å². The molecule has 1 aromatic rings. The summed E-state index contributed by atoms with van der Waals surface area (Å²) in [5.41, 5.74) is 1.54. The maximum atomic E-state index is 11.1. The van der Waals surface area contributed by atoms with E-state index in [1.807, 2.05) is 12.1 Å². The summed E-state index contributed by atoms with van der Waals surface area (Å²) in [7, 11) is 0. The Labute approximate surface area is 90.0 Å². The minimum atomic E-state index is -0.551. The number of aliphatic imine (C=N–C) groups is 1. The van der Waals surface area contributed by atoms with Gasteiger partial charge in [-0.05, 0) is 24.1 Å². The molecular weight excluding hydrogens is 246 g/mol. The zero-order valence-corrected chi connectivity index (χ0v) is 8.95. The fourth-order valence-corrected chi connectivity index (χ4v) is 1.49. The zero-order valence-electron chi connectivity index (χ0n) is 7.37. The Bertz CT molecular complexity index is 366. The number of carbonyl (C=O) groups is 1. The molecule has 1 amide bonds. The highest BCUT2D eigenvalue weighted by Crippen LogP contribution is 2.07. The minimum absolute atomic E-state index is 0.409. The molecule has 0 N–H and O–H groups in total. The third kappa shape index (κ3) is 2.91. The lowest BCUT2D eigenvalue weighted by atomic mass is 10.1. The number of halogens is 1. The molecule has 72 valence electrons. The molecule has 0 aliphatic carbocycles. The Morgan fingerprint density at radius 1 is 1.36 bits per heavy atom. The molecule has 0 bridgehead atoms. The van der Waals surface area contributed by atoms with Crippen molar-refractivity contribution in [1.29, 1.82) is 0 Å². The molecule has 0 heterocycles. The highest BCUT2D eigenvalue weighted by atomic mass is 79.9. The summed E-state index contributed by atoms with van der Waals surface area (Å²) in [6.45, 7) is 0. The van der Waals surface area contributed by atoms with Crippen LogP contribution in [-0.4, -0.2) is 17.3 Å². The molecule has 1 rings (SSSR count). The fourth-order valence-electron chi connectivity index (χ4n) is 1.03. The van der Waals surface area contributed by atoms with E-state index in [9.17, 15) is 9.59 Å². The molecule has 4 heteroatoms. The molecular formula is C10H8BrNO2. The highest BCUT2D eigenvalue weighted by molar-refractivity contribution is 9.09. The maximum absolute atomic E-state index is 11.1. The van der Waals surface area contributed by atoms with Gasteiger partial charge in [0.2, 0.25) is 6.08 Å². The summed E-state index contributed by atoms with van der Waals surface area (Å²) in [6, 6.07) is 6.99. The van der Waals surface area contributed by atoms with Crippen LogP contribution in [0.5, 0.6) is 0 Å². The molecule has 0 saturated heterocycles. The standard InChI is InChI=1S/C10H8BrNO2/c11-6-5-8-1-3-9(4-2-8)10(14)12-7-13/h1-4H,5-6H2. The molecule has 14 heavy (non-hydrogen) atoms. The van der Waals surface area contributed by atoms with Crippen molar-refractivity contribution in [2.45, 2.75) is 6.42 Å². The molecule has 0 aliphatic rings. The molecule has 0 aliphatic heterocycles. The van der Waals surface area contributed by atoms with Crippen LogP contribution in [0.25, 0.3) is 0 Å². The van der Waals surface area contributed by atoms with E-state index in [1.54, 1.807) is 12.1 Å². The molecule has 0 spiro atoms. The van der Waals surface area contributed by atoms with Crippen molar-refractivity contribution < 1.29 is 9.59 Å². The van der Waals surface area contributed by atoms with Gasteiger partial charge in [-0.25, -0.2) is 4.79 Å². The van der Waals surface area contributed by atoms with Crippen molar-refractivity contribution in [3.05, 3.63) is 35.4 Å². The molecule has 0 aromatic heterocycles. The van der Waals surface area contributed by atoms with Gasteiger partial charge >= 0.3 is 0 Å². The van der Waals surface area contributed by atoms with Crippen molar-refractivity contribution in [3.63, 3.8) is 0 Å². The Morgan fingerprint density at radius 3 is 2.50 bits per heavy atom. The summed E-state index contributed by atoms with van der Waals surface area (Å²) in [4.78, 5) is 23.9. The first-order valence-electron chi connectivity index (χ1n) is 4.05. The molecule has 0 unspecified atom stereocenters. The van der Waals surface area contributed by atoms with Crippen LogP contribution in [0.3, 0.4) is 0 Å². The van der Waals surface area contributed by atoms with Crippen molar-refractivity contribution in [2.24, 2.45) is 4.99 Å². The first kappa shape index (κ1) is 10.8. The second-order valence-electron chi connectivity index (χ2n) is 2.64. The van der Waals surface area contributed by atoms with Gasteiger partial charge < -0.3 is 0 Å². The predicted molar refractivity (Wildman–Crippen MR) is 56.4 cm³/mol. The lowest BCUT2D eigenvalue weighted by Crippen LogP contribution is -1.94. The second kappa shape index (κ2) is 5.47. The van der Waals surface area contributed by atoms with E-state index in [1.165, 1.54) is 6.08 Å². The lowest BCUT2D eigenvalue weighted by molar-refractivity contribution is 0.100.